The lowest BCUT2D eigenvalue weighted by Gasteiger charge is -2.14. The number of hydrogen-bond acceptors (Lipinski definition) is 4. The molecule has 1 aromatic carbocycles. The highest BCUT2D eigenvalue weighted by Gasteiger charge is 2.26. The summed E-state index contributed by atoms with van der Waals surface area (Å²) in [5, 5.41) is 13.3. The Balaban J connectivity index is 1.96. The highest BCUT2D eigenvalue weighted by atomic mass is 16.5. The van der Waals surface area contributed by atoms with Gasteiger partial charge >= 0.3 is 0 Å². The van der Waals surface area contributed by atoms with E-state index in [1.54, 1.807) is 18.0 Å². The number of nitrogens with one attached hydrogen (secondary N) is 1. The molecule has 0 spiro atoms. The lowest BCUT2D eigenvalue weighted by Crippen LogP contribution is -2.31. The number of ether oxygens (including phenoxy) is 1. The number of aromatic hydroxyl groups is 1. The van der Waals surface area contributed by atoms with Crippen LogP contribution in [0.15, 0.2) is 18.2 Å². The van der Waals surface area contributed by atoms with Crippen molar-refractivity contribution in [3.05, 3.63) is 23.8 Å². The number of phenols is 1. The predicted octanol–water partition coefficient (Wildman–Crippen LogP) is 1.11. The third kappa shape index (κ3) is 3.17. The summed E-state index contributed by atoms with van der Waals surface area (Å²) >= 11 is 0. The summed E-state index contributed by atoms with van der Waals surface area (Å²) in [5.41, 5.74) is 0.785. The Morgan fingerprint density at radius 2 is 2.32 bits per heavy atom. The van der Waals surface area contributed by atoms with Gasteiger partial charge in [0.25, 0.3) is 0 Å². The van der Waals surface area contributed by atoms with Crippen LogP contribution in [0.2, 0.25) is 0 Å². The zero-order chi connectivity index (χ0) is 13.8. The molecule has 5 nitrogen and oxygen atoms in total. The maximum Gasteiger partial charge on any atom is 0.224 e. The largest absolute Gasteiger partial charge is 0.504 e. The number of benzene rings is 1. The number of carbonyl (C=O) groups excluding carboxylic acids is 1. The molecule has 1 aliphatic heterocycles. The fourth-order valence-electron chi connectivity index (χ4n) is 2.24. The van der Waals surface area contributed by atoms with Crippen molar-refractivity contribution in [3.63, 3.8) is 0 Å². The molecule has 0 aromatic heterocycles. The van der Waals surface area contributed by atoms with Gasteiger partial charge in [0.1, 0.15) is 0 Å². The van der Waals surface area contributed by atoms with Crippen LogP contribution in [0.25, 0.3) is 0 Å². The number of phenolic OH excluding ortho intramolecular Hbond substituents is 1. The first kappa shape index (κ1) is 13.7. The van der Waals surface area contributed by atoms with Crippen molar-refractivity contribution in [2.24, 2.45) is 0 Å². The van der Waals surface area contributed by atoms with Crippen molar-refractivity contribution in [1.82, 2.24) is 10.2 Å². The van der Waals surface area contributed by atoms with E-state index < -0.39 is 0 Å². The fourth-order valence-corrected chi connectivity index (χ4v) is 2.24. The molecule has 1 atom stereocenters. The number of carbonyl (C=O) groups is 1. The van der Waals surface area contributed by atoms with Gasteiger partial charge in [-0.15, -0.1) is 0 Å². The van der Waals surface area contributed by atoms with Crippen molar-refractivity contribution < 1.29 is 14.6 Å². The molecule has 0 radical (unpaired) electrons. The van der Waals surface area contributed by atoms with E-state index in [0.717, 1.165) is 5.56 Å². The Morgan fingerprint density at radius 1 is 1.53 bits per heavy atom. The smallest absolute Gasteiger partial charge is 0.224 e. The average Bonchev–Trinajstić information content (AvgIpc) is 2.70. The number of amides is 1. The Labute approximate surface area is 113 Å². The maximum atomic E-state index is 11.4. The van der Waals surface area contributed by atoms with Crippen molar-refractivity contribution in [1.29, 1.82) is 0 Å². The van der Waals surface area contributed by atoms with Gasteiger partial charge in [0.15, 0.2) is 11.5 Å². The lowest BCUT2D eigenvalue weighted by molar-refractivity contribution is -0.126. The summed E-state index contributed by atoms with van der Waals surface area (Å²) in [7, 11) is 1.80. The monoisotopic (exact) mass is 264 g/mol. The molecular formula is C14H20N2O3. The Kier molecular flexibility index (Phi) is 4.27. The highest BCUT2D eigenvalue weighted by Crippen LogP contribution is 2.29. The van der Waals surface area contributed by atoms with Crippen molar-refractivity contribution in [3.8, 4) is 11.5 Å². The first-order valence-corrected chi connectivity index (χ1v) is 6.52. The summed E-state index contributed by atoms with van der Waals surface area (Å²) < 4.78 is 5.34. The van der Waals surface area contributed by atoms with E-state index in [0.29, 0.717) is 31.9 Å². The van der Waals surface area contributed by atoms with Crippen molar-refractivity contribution in [2.75, 3.05) is 20.2 Å². The Hall–Kier alpha value is -1.75. The van der Waals surface area contributed by atoms with Gasteiger partial charge in [0.05, 0.1) is 6.61 Å². The van der Waals surface area contributed by atoms with Gasteiger partial charge in [-0.1, -0.05) is 12.1 Å². The molecule has 1 unspecified atom stereocenters. The number of likely N-dealkylation sites (tertiary alicyclic amines) is 1. The SMILES string of the molecule is CCOc1cccc(CNC2CC(=O)N(C)C2)c1O. The number of hydrogen-bond donors (Lipinski definition) is 2. The molecule has 19 heavy (non-hydrogen) atoms. The van der Waals surface area contributed by atoms with Crippen molar-refractivity contribution in [2.45, 2.75) is 25.9 Å². The Morgan fingerprint density at radius 3 is 2.95 bits per heavy atom. The second-order valence-electron chi connectivity index (χ2n) is 4.75. The van der Waals surface area contributed by atoms with Gasteiger partial charge in [-0.3, -0.25) is 4.79 Å². The number of likely N-dealkylation sites (N-methyl/N-ethyl adjacent to an activating group) is 1. The number of nitrogens with zero attached hydrogens (tertiary/aromatic N) is 1. The molecule has 1 fully saturated rings. The van der Waals surface area contributed by atoms with Gasteiger partial charge in [0, 0.05) is 38.2 Å². The summed E-state index contributed by atoms with van der Waals surface area (Å²) in [6.07, 6.45) is 0.516. The molecule has 1 aromatic rings. The molecule has 0 saturated carbocycles. The molecule has 0 bridgehead atoms. The van der Waals surface area contributed by atoms with Crippen molar-refractivity contribution >= 4 is 5.91 Å². The number of para-hydroxylation sites is 1. The second kappa shape index (κ2) is 5.93. The van der Waals surface area contributed by atoms with Crippen LogP contribution in [0, 0.1) is 0 Å². The zero-order valence-electron chi connectivity index (χ0n) is 11.3. The summed E-state index contributed by atoms with van der Waals surface area (Å²) in [6.45, 7) is 3.64. The topological polar surface area (TPSA) is 61.8 Å². The van der Waals surface area contributed by atoms with E-state index in [1.165, 1.54) is 0 Å². The van der Waals surface area contributed by atoms with Crippen LogP contribution in [0.3, 0.4) is 0 Å². The lowest BCUT2D eigenvalue weighted by atomic mass is 10.1. The van der Waals surface area contributed by atoms with E-state index >= 15 is 0 Å². The summed E-state index contributed by atoms with van der Waals surface area (Å²) in [5.74, 6) is 0.834. The molecule has 1 aliphatic rings. The molecule has 1 heterocycles. The third-order valence-corrected chi connectivity index (χ3v) is 3.30. The highest BCUT2D eigenvalue weighted by molar-refractivity contribution is 5.78. The molecular weight excluding hydrogens is 244 g/mol. The maximum absolute atomic E-state index is 11.4. The van der Waals surface area contributed by atoms with Gasteiger partial charge < -0.3 is 20.1 Å². The van der Waals surface area contributed by atoms with Crippen LogP contribution in [0.4, 0.5) is 0 Å². The van der Waals surface area contributed by atoms with Gasteiger partial charge in [-0.05, 0) is 13.0 Å². The first-order valence-electron chi connectivity index (χ1n) is 6.52. The van der Waals surface area contributed by atoms with Crippen LogP contribution in [0.5, 0.6) is 11.5 Å². The van der Waals surface area contributed by atoms with Crippen LogP contribution >= 0.6 is 0 Å². The minimum atomic E-state index is 0.146. The quantitative estimate of drug-likeness (QED) is 0.836. The molecule has 5 heteroatoms. The van der Waals surface area contributed by atoms with Crippen LogP contribution in [-0.4, -0.2) is 42.2 Å². The van der Waals surface area contributed by atoms with E-state index in [1.807, 2.05) is 19.1 Å². The number of rotatable bonds is 5. The fraction of sp³-hybridized carbons (Fsp3) is 0.500. The standard InChI is InChI=1S/C14H20N2O3/c1-3-19-12-6-4-5-10(14(12)18)8-15-11-7-13(17)16(2)9-11/h4-6,11,15,18H,3,7-9H2,1-2H3. The second-order valence-corrected chi connectivity index (χ2v) is 4.75. The van der Waals surface area contributed by atoms with Gasteiger partial charge in [0.2, 0.25) is 5.91 Å². The predicted molar refractivity (Wildman–Crippen MR) is 72.2 cm³/mol. The zero-order valence-corrected chi connectivity index (χ0v) is 11.3. The summed E-state index contributed by atoms with van der Waals surface area (Å²) in [6, 6.07) is 5.60. The minimum absolute atomic E-state index is 0.146. The molecule has 104 valence electrons. The van der Waals surface area contributed by atoms with Crippen LogP contribution < -0.4 is 10.1 Å². The molecule has 0 aliphatic carbocycles. The van der Waals surface area contributed by atoms with E-state index in [9.17, 15) is 9.90 Å². The third-order valence-electron chi connectivity index (χ3n) is 3.30. The Bertz CT molecular complexity index is 462. The van der Waals surface area contributed by atoms with Crippen LogP contribution in [-0.2, 0) is 11.3 Å². The van der Waals surface area contributed by atoms with Gasteiger partial charge in [-0.25, -0.2) is 0 Å². The first-order chi connectivity index (χ1) is 9.11. The average molecular weight is 264 g/mol. The summed E-state index contributed by atoms with van der Waals surface area (Å²) in [4.78, 5) is 13.1. The minimum Gasteiger partial charge on any atom is -0.504 e. The molecule has 1 saturated heterocycles. The van der Waals surface area contributed by atoms with E-state index in [2.05, 4.69) is 5.32 Å². The van der Waals surface area contributed by atoms with Gasteiger partial charge in [-0.2, -0.15) is 0 Å². The normalized spacial score (nSPS) is 18.9. The molecule has 2 N–H and O–H groups in total. The van der Waals surface area contributed by atoms with E-state index in [-0.39, 0.29) is 17.7 Å². The molecule has 2 rings (SSSR count). The van der Waals surface area contributed by atoms with E-state index in [4.69, 9.17) is 4.74 Å². The van der Waals surface area contributed by atoms with Crippen LogP contribution in [0.1, 0.15) is 18.9 Å². The molecule has 1 amide bonds.